The summed E-state index contributed by atoms with van der Waals surface area (Å²) in [6, 6.07) is 0. The fourth-order valence-corrected chi connectivity index (χ4v) is 1.18. The standard InChI is InChI=1S/C9H14N2O3/c1-3-5-7(13-4-2)9-10-8(6-12)14-11-9/h6-7H,3-5H2,1-2H3. The van der Waals surface area contributed by atoms with Crippen LogP contribution in [0.2, 0.25) is 0 Å². The summed E-state index contributed by atoms with van der Waals surface area (Å²) in [5.41, 5.74) is 0. The van der Waals surface area contributed by atoms with Gasteiger partial charge in [0.15, 0.2) is 0 Å². The molecule has 0 saturated heterocycles. The van der Waals surface area contributed by atoms with E-state index in [9.17, 15) is 4.79 Å². The van der Waals surface area contributed by atoms with Gasteiger partial charge in [0.1, 0.15) is 6.10 Å². The van der Waals surface area contributed by atoms with Gasteiger partial charge < -0.3 is 9.26 Å². The van der Waals surface area contributed by atoms with Crippen LogP contribution < -0.4 is 0 Å². The van der Waals surface area contributed by atoms with Crippen molar-refractivity contribution in [1.82, 2.24) is 10.1 Å². The molecule has 0 saturated carbocycles. The highest BCUT2D eigenvalue weighted by Gasteiger charge is 2.17. The van der Waals surface area contributed by atoms with Gasteiger partial charge in [-0.15, -0.1) is 0 Å². The highest BCUT2D eigenvalue weighted by Crippen LogP contribution is 2.19. The van der Waals surface area contributed by atoms with Gasteiger partial charge in [0.25, 0.3) is 5.89 Å². The maximum absolute atomic E-state index is 10.3. The molecule has 5 nitrogen and oxygen atoms in total. The van der Waals surface area contributed by atoms with E-state index in [4.69, 9.17) is 4.74 Å². The molecule has 1 aromatic heterocycles. The summed E-state index contributed by atoms with van der Waals surface area (Å²) in [4.78, 5) is 14.2. The molecule has 1 heterocycles. The average molecular weight is 198 g/mol. The van der Waals surface area contributed by atoms with Crippen LogP contribution in [0.4, 0.5) is 0 Å². The van der Waals surface area contributed by atoms with Gasteiger partial charge in [-0.2, -0.15) is 4.98 Å². The SMILES string of the molecule is CCCC(OCC)c1noc(C=O)n1. The minimum atomic E-state index is -0.164. The number of ether oxygens (including phenoxy) is 1. The molecule has 0 N–H and O–H groups in total. The highest BCUT2D eigenvalue weighted by molar-refractivity contribution is 5.66. The zero-order chi connectivity index (χ0) is 10.4. The Labute approximate surface area is 82.4 Å². The quantitative estimate of drug-likeness (QED) is 0.651. The third kappa shape index (κ3) is 2.63. The molecular weight excluding hydrogens is 184 g/mol. The Kier molecular flexibility index (Phi) is 4.25. The summed E-state index contributed by atoms with van der Waals surface area (Å²) in [6.45, 7) is 4.55. The van der Waals surface area contributed by atoms with Crippen LogP contribution >= 0.6 is 0 Å². The van der Waals surface area contributed by atoms with Crippen LogP contribution in [-0.4, -0.2) is 23.0 Å². The number of rotatable bonds is 6. The zero-order valence-electron chi connectivity index (χ0n) is 8.40. The fourth-order valence-electron chi connectivity index (χ4n) is 1.18. The van der Waals surface area contributed by atoms with E-state index in [0.717, 1.165) is 12.8 Å². The zero-order valence-corrected chi connectivity index (χ0v) is 8.40. The van der Waals surface area contributed by atoms with Gasteiger partial charge in [-0.1, -0.05) is 18.5 Å². The molecule has 0 aliphatic carbocycles. The van der Waals surface area contributed by atoms with Gasteiger partial charge >= 0.3 is 0 Å². The predicted octanol–water partition coefficient (Wildman–Crippen LogP) is 1.76. The van der Waals surface area contributed by atoms with Crippen LogP contribution in [0.15, 0.2) is 4.52 Å². The molecule has 1 atom stereocenters. The Morgan fingerprint density at radius 2 is 2.36 bits per heavy atom. The summed E-state index contributed by atoms with van der Waals surface area (Å²) >= 11 is 0. The van der Waals surface area contributed by atoms with E-state index in [1.807, 2.05) is 13.8 Å². The molecular formula is C9H14N2O3. The normalized spacial score (nSPS) is 12.7. The molecule has 1 rings (SSSR count). The maximum Gasteiger partial charge on any atom is 0.290 e. The van der Waals surface area contributed by atoms with Crippen molar-refractivity contribution in [3.05, 3.63) is 11.7 Å². The molecule has 1 unspecified atom stereocenters. The number of aldehydes is 1. The van der Waals surface area contributed by atoms with Crippen molar-refractivity contribution in [2.45, 2.75) is 32.8 Å². The largest absolute Gasteiger partial charge is 0.370 e. The summed E-state index contributed by atoms with van der Waals surface area (Å²) < 4.78 is 10.1. The van der Waals surface area contributed by atoms with Crippen molar-refractivity contribution in [3.63, 3.8) is 0 Å². The predicted molar refractivity (Wildman–Crippen MR) is 49.0 cm³/mol. The molecule has 1 aromatic rings. The first-order valence-corrected chi connectivity index (χ1v) is 4.72. The minimum absolute atomic E-state index is 0.000746. The molecule has 0 aliphatic heterocycles. The van der Waals surface area contributed by atoms with E-state index in [1.165, 1.54) is 0 Å². The van der Waals surface area contributed by atoms with Crippen LogP contribution in [0.5, 0.6) is 0 Å². The summed E-state index contributed by atoms with van der Waals surface area (Å²) in [7, 11) is 0. The number of aromatic nitrogens is 2. The van der Waals surface area contributed by atoms with Crippen molar-refractivity contribution >= 4 is 6.29 Å². The third-order valence-electron chi connectivity index (χ3n) is 1.76. The molecule has 0 aromatic carbocycles. The lowest BCUT2D eigenvalue weighted by molar-refractivity contribution is 0.0477. The van der Waals surface area contributed by atoms with Crippen molar-refractivity contribution in [1.29, 1.82) is 0 Å². The van der Waals surface area contributed by atoms with Gasteiger partial charge in [0.2, 0.25) is 12.1 Å². The van der Waals surface area contributed by atoms with Gasteiger partial charge in [-0.25, -0.2) is 0 Å². The van der Waals surface area contributed by atoms with Crippen LogP contribution in [-0.2, 0) is 4.74 Å². The van der Waals surface area contributed by atoms with E-state index >= 15 is 0 Å². The number of carbonyl (C=O) groups excluding carboxylic acids is 1. The first-order chi connectivity index (χ1) is 6.81. The Bertz CT molecular complexity index is 279. The molecule has 78 valence electrons. The lowest BCUT2D eigenvalue weighted by Gasteiger charge is -2.10. The van der Waals surface area contributed by atoms with E-state index < -0.39 is 0 Å². The Morgan fingerprint density at radius 1 is 1.57 bits per heavy atom. The molecule has 0 radical (unpaired) electrons. The van der Waals surface area contributed by atoms with Crippen LogP contribution in [0.25, 0.3) is 0 Å². The van der Waals surface area contributed by atoms with Crippen LogP contribution in [0.3, 0.4) is 0 Å². The van der Waals surface area contributed by atoms with E-state index in [1.54, 1.807) is 0 Å². The second-order valence-electron chi connectivity index (χ2n) is 2.84. The fraction of sp³-hybridized carbons (Fsp3) is 0.667. The van der Waals surface area contributed by atoms with E-state index in [-0.39, 0.29) is 12.0 Å². The van der Waals surface area contributed by atoms with Gasteiger partial charge in [-0.3, -0.25) is 4.79 Å². The number of nitrogens with zero attached hydrogens (tertiary/aromatic N) is 2. The lowest BCUT2D eigenvalue weighted by Crippen LogP contribution is -2.06. The number of carbonyl (C=O) groups is 1. The lowest BCUT2D eigenvalue weighted by atomic mass is 10.2. The molecule has 0 spiro atoms. The second-order valence-corrected chi connectivity index (χ2v) is 2.84. The average Bonchev–Trinajstić information content (AvgIpc) is 2.65. The Morgan fingerprint density at radius 3 is 2.86 bits per heavy atom. The molecule has 0 bridgehead atoms. The summed E-state index contributed by atoms with van der Waals surface area (Å²) in [5, 5.41) is 3.68. The third-order valence-corrected chi connectivity index (χ3v) is 1.76. The topological polar surface area (TPSA) is 65.2 Å². The minimum Gasteiger partial charge on any atom is -0.370 e. The molecule has 5 heteroatoms. The van der Waals surface area contributed by atoms with Crippen molar-refractivity contribution in [3.8, 4) is 0 Å². The van der Waals surface area contributed by atoms with Gasteiger partial charge in [0.05, 0.1) is 0 Å². The summed E-state index contributed by atoms with van der Waals surface area (Å²) in [5.74, 6) is 0.455. The van der Waals surface area contributed by atoms with E-state index in [0.29, 0.717) is 18.7 Å². The first-order valence-electron chi connectivity index (χ1n) is 4.72. The molecule has 0 aliphatic rings. The summed E-state index contributed by atoms with van der Waals surface area (Å²) in [6.07, 6.45) is 2.16. The van der Waals surface area contributed by atoms with Gasteiger partial charge in [-0.05, 0) is 13.3 Å². The van der Waals surface area contributed by atoms with Crippen molar-refractivity contribution in [2.75, 3.05) is 6.61 Å². The van der Waals surface area contributed by atoms with Crippen LogP contribution in [0, 0.1) is 0 Å². The van der Waals surface area contributed by atoms with Gasteiger partial charge in [0, 0.05) is 6.61 Å². The smallest absolute Gasteiger partial charge is 0.290 e. The second kappa shape index (κ2) is 5.49. The monoisotopic (exact) mass is 198 g/mol. The highest BCUT2D eigenvalue weighted by atomic mass is 16.5. The van der Waals surface area contributed by atoms with E-state index in [2.05, 4.69) is 14.7 Å². The molecule has 14 heavy (non-hydrogen) atoms. The molecule has 0 amide bonds. The van der Waals surface area contributed by atoms with Crippen molar-refractivity contribution < 1.29 is 14.1 Å². The Hall–Kier alpha value is -1.23. The van der Waals surface area contributed by atoms with Crippen LogP contribution in [0.1, 0.15) is 49.3 Å². The molecule has 0 fully saturated rings. The number of hydrogen-bond acceptors (Lipinski definition) is 5. The van der Waals surface area contributed by atoms with Crippen molar-refractivity contribution in [2.24, 2.45) is 0 Å². The maximum atomic E-state index is 10.3. The number of hydrogen-bond donors (Lipinski definition) is 0. The Balaban J connectivity index is 2.70. The first kappa shape index (κ1) is 10.8.